The van der Waals surface area contributed by atoms with Crippen LogP contribution in [0, 0.1) is 10.5 Å². The minimum atomic E-state index is 0.560. The second kappa shape index (κ2) is 5.92. The Morgan fingerprint density at radius 2 is 2.05 bits per heavy atom. The monoisotopic (exact) mass is 389 g/mol. The second-order valence-corrected chi connectivity index (χ2v) is 5.35. The van der Waals surface area contributed by atoms with Crippen molar-refractivity contribution in [2.45, 2.75) is 6.92 Å². The molecular formula is C13H13ClIN3O. The van der Waals surface area contributed by atoms with Crippen molar-refractivity contribution >= 4 is 40.0 Å². The van der Waals surface area contributed by atoms with Crippen molar-refractivity contribution < 1.29 is 4.74 Å². The third kappa shape index (κ3) is 2.76. The van der Waals surface area contributed by atoms with E-state index in [-0.39, 0.29) is 0 Å². The molecule has 0 amide bonds. The minimum Gasteiger partial charge on any atom is -0.496 e. The molecule has 0 unspecified atom stereocenters. The Labute approximate surface area is 130 Å². The van der Waals surface area contributed by atoms with Gasteiger partial charge in [-0.1, -0.05) is 17.7 Å². The first-order valence-electron chi connectivity index (χ1n) is 5.63. The summed E-state index contributed by atoms with van der Waals surface area (Å²) in [6.07, 6.45) is 0. The molecule has 0 aliphatic heterocycles. The van der Waals surface area contributed by atoms with Gasteiger partial charge in [0.2, 0.25) is 0 Å². The van der Waals surface area contributed by atoms with E-state index in [2.05, 4.69) is 37.9 Å². The molecule has 100 valence electrons. The van der Waals surface area contributed by atoms with Crippen LogP contribution in [0.15, 0.2) is 18.2 Å². The Hall–Kier alpha value is -1.08. The van der Waals surface area contributed by atoms with E-state index in [1.807, 2.05) is 26.1 Å². The van der Waals surface area contributed by atoms with E-state index in [1.54, 1.807) is 13.2 Å². The summed E-state index contributed by atoms with van der Waals surface area (Å²) in [6, 6.07) is 5.48. The van der Waals surface area contributed by atoms with Crippen LogP contribution in [0.1, 0.15) is 5.69 Å². The molecule has 0 saturated carbocycles. The van der Waals surface area contributed by atoms with Crippen LogP contribution in [0.5, 0.6) is 5.75 Å². The number of nitrogens with zero attached hydrogens (tertiary/aromatic N) is 2. The fourth-order valence-corrected chi connectivity index (χ4v) is 2.49. The molecular weight excluding hydrogens is 377 g/mol. The average Bonchev–Trinajstić information content (AvgIpc) is 2.41. The van der Waals surface area contributed by atoms with Crippen LogP contribution in [0.4, 0.5) is 5.82 Å². The van der Waals surface area contributed by atoms with Crippen molar-refractivity contribution in [1.29, 1.82) is 0 Å². The molecule has 0 bridgehead atoms. The number of anilines is 1. The highest BCUT2D eigenvalue weighted by atomic mass is 127. The molecule has 0 radical (unpaired) electrons. The number of hydrogen-bond donors (Lipinski definition) is 1. The highest BCUT2D eigenvalue weighted by Gasteiger charge is 2.16. The quantitative estimate of drug-likeness (QED) is 0.812. The first-order valence-corrected chi connectivity index (χ1v) is 7.09. The van der Waals surface area contributed by atoms with Crippen molar-refractivity contribution in [3.63, 3.8) is 0 Å². The van der Waals surface area contributed by atoms with Gasteiger partial charge in [-0.25, -0.2) is 9.97 Å². The molecule has 0 atom stereocenters. The summed E-state index contributed by atoms with van der Waals surface area (Å²) in [5.74, 6) is 2.00. The van der Waals surface area contributed by atoms with E-state index < -0.39 is 0 Å². The maximum absolute atomic E-state index is 6.25. The van der Waals surface area contributed by atoms with Crippen molar-refractivity contribution in [3.8, 4) is 17.1 Å². The molecule has 2 aromatic rings. The van der Waals surface area contributed by atoms with Gasteiger partial charge in [0.15, 0.2) is 5.82 Å². The number of nitrogens with one attached hydrogen (secondary N) is 1. The predicted molar refractivity (Wildman–Crippen MR) is 86.0 cm³/mol. The van der Waals surface area contributed by atoms with E-state index in [0.717, 1.165) is 15.1 Å². The number of benzene rings is 1. The molecule has 0 saturated heterocycles. The van der Waals surface area contributed by atoms with Crippen LogP contribution in [-0.4, -0.2) is 24.1 Å². The Balaban J connectivity index is 2.69. The van der Waals surface area contributed by atoms with Gasteiger partial charge in [0, 0.05) is 7.05 Å². The van der Waals surface area contributed by atoms with Gasteiger partial charge in [0.1, 0.15) is 11.6 Å². The molecule has 0 aliphatic rings. The van der Waals surface area contributed by atoms with Crippen molar-refractivity contribution in [2.75, 3.05) is 19.5 Å². The van der Waals surface area contributed by atoms with E-state index in [1.165, 1.54) is 0 Å². The summed E-state index contributed by atoms with van der Waals surface area (Å²) in [4.78, 5) is 9.00. The zero-order chi connectivity index (χ0) is 14.0. The normalized spacial score (nSPS) is 10.4. The van der Waals surface area contributed by atoms with Gasteiger partial charge in [0.25, 0.3) is 0 Å². The lowest BCUT2D eigenvalue weighted by atomic mass is 10.2. The van der Waals surface area contributed by atoms with Gasteiger partial charge in [-0.3, -0.25) is 0 Å². The maximum atomic E-state index is 6.25. The van der Waals surface area contributed by atoms with Crippen LogP contribution >= 0.6 is 34.2 Å². The number of aromatic nitrogens is 2. The molecule has 1 aromatic heterocycles. The smallest absolute Gasteiger partial charge is 0.167 e. The molecule has 0 fully saturated rings. The molecule has 0 aliphatic carbocycles. The second-order valence-electron chi connectivity index (χ2n) is 3.86. The topological polar surface area (TPSA) is 47.0 Å². The van der Waals surface area contributed by atoms with E-state index in [9.17, 15) is 0 Å². The standard InChI is InChI=1S/C13H13ClIN3O/c1-7-11(15)13(16-2)18-12(17-7)10-8(14)5-4-6-9(10)19-3/h4-6H,1-3H3,(H,16,17,18). The first-order chi connectivity index (χ1) is 9.08. The number of methoxy groups -OCH3 is 1. The zero-order valence-electron chi connectivity index (χ0n) is 10.8. The lowest BCUT2D eigenvalue weighted by Crippen LogP contribution is -2.03. The van der Waals surface area contributed by atoms with Gasteiger partial charge >= 0.3 is 0 Å². The van der Waals surface area contributed by atoms with Gasteiger partial charge in [-0.05, 0) is 41.6 Å². The van der Waals surface area contributed by atoms with Crippen molar-refractivity contribution in [3.05, 3.63) is 32.5 Å². The summed E-state index contributed by atoms with van der Waals surface area (Å²) >= 11 is 8.46. The molecule has 4 nitrogen and oxygen atoms in total. The summed E-state index contributed by atoms with van der Waals surface area (Å²) in [6.45, 7) is 1.94. The zero-order valence-corrected chi connectivity index (χ0v) is 13.7. The van der Waals surface area contributed by atoms with Gasteiger partial charge in [-0.15, -0.1) is 0 Å². The predicted octanol–water partition coefficient (Wildman–Crippen LogP) is 3.76. The lowest BCUT2D eigenvalue weighted by Gasteiger charge is -2.12. The highest BCUT2D eigenvalue weighted by Crippen LogP contribution is 2.35. The number of halogens is 2. The Kier molecular flexibility index (Phi) is 4.46. The largest absolute Gasteiger partial charge is 0.496 e. The van der Waals surface area contributed by atoms with Crippen LogP contribution < -0.4 is 10.1 Å². The van der Waals surface area contributed by atoms with Crippen molar-refractivity contribution in [1.82, 2.24) is 9.97 Å². The molecule has 1 aromatic carbocycles. The highest BCUT2D eigenvalue weighted by molar-refractivity contribution is 14.1. The van der Waals surface area contributed by atoms with E-state index in [0.29, 0.717) is 22.2 Å². The Morgan fingerprint density at radius 3 is 2.68 bits per heavy atom. The summed E-state index contributed by atoms with van der Waals surface area (Å²) in [7, 11) is 3.44. The average molecular weight is 390 g/mol. The van der Waals surface area contributed by atoms with Crippen LogP contribution in [-0.2, 0) is 0 Å². The summed E-state index contributed by atoms with van der Waals surface area (Å²) in [5.41, 5.74) is 1.61. The van der Waals surface area contributed by atoms with Crippen LogP contribution in [0.3, 0.4) is 0 Å². The number of aryl methyl sites for hydroxylation is 1. The fourth-order valence-electron chi connectivity index (χ4n) is 1.73. The number of hydrogen-bond acceptors (Lipinski definition) is 4. The van der Waals surface area contributed by atoms with Crippen LogP contribution in [0.25, 0.3) is 11.4 Å². The molecule has 6 heteroatoms. The van der Waals surface area contributed by atoms with Gasteiger partial charge < -0.3 is 10.1 Å². The Bertz CT molecular complexity index is 619. The third-order valence-electron chi connectivity index (χ3n) is 2.67. The van der Waals surface area contributed by atoms with E-state index >= 15 is 0 Å². The molecule has 1 N–H and O–H groups in total. The van der Waals surface area contributed by atoms with Crippen molar-refractivity contribution in [2.24, 2.45) is 0 Å². The third-order valence-corrected chi connectivity index (χ3v) is 4.28. The van der Waals surface area contributed by atoms with Gasteiger partial charge in [0.05, 0.1) is 27.0 Å². The fraction of sp³-hybridized carbons (Fsp3) is 0.231. The Morgan fingerprint density at radius 1 is 1.32 bits per heavy atom. The SMILES string of the molecule is CNc1nc(-c2c(Cl)cccc2OC)nc(C)c1I. The van der Waals surface area contributed by atoms with Gasteiger partial charge in [-0.2, -0.15) is 0 Å². The van der Waals surface area contributed by atoms with Crippen LogP contribution in [0.2, 0.25) is 5.02 Å². The molecule has 19 heavy (non-hydrogen) atoms. The molecule has 2 rings (SSSR count). The minimum absolute atomic E-state index is 0.560. The molecule has 1 heterocycles. The number of ether oxygens (including phenoxy) is 1. The molecule has 0 spiro atoms. The lowest BCUT2D eigenvalue weighted by molar-refractivity contribution is 0.416. The maximum Gasteiger partial charge on any atom is 0.167 e. The summed E-state index contributed by atoms with van der Waals surface area (Å²) < 4.78 is 6.33. The van der Waals surface area contributed by atoms with E-state index in [4.69, 9.17) is 16.3 Å². The first kappa shape index (κ1) is 14.3. The summed E-state index contributed by atoms with van der Waals surface area (Å²) in [5, 5.41) is 3.63. The number of rotatable bonds is 3.